The van der Waals surface area contributed by atoms with Crippen LogP contribution in [0.25, 0.3) is 0 Å². The molecule has 4 nitrogen and oxygen atoms in total. The lowest BCUT2D eigenvalue weighted by Crippen LogP contribution is -2.38. The van der Waals surface area contributed by atoms with Gasteiger partial charge in [0, 0.05) is 0 Å². The fourth-order valence-electron chi connectivity index (χ4n) is 1.55. The van der Waals surface area contributed by atoms with Crippen molar-refractivity contribution >= 4 is 11.8 Å². The summed E-state index contributed by atoms with van der Waals surface area (Å²) in [6.45, 7) is 5.23. The van der Waals surface area contributed by atoms with Crippen molar-refractivity contribution in [2.75, 3.05) is 26.7 Å². The first-order valence-corrected chi connectivity index (χ1v) is 5.69. The van der Waals surface area contributed by atoms with Crippen LogP contribution >= 0.6 is 0 Å². The Morgan fingerprint density at radius 1 is 1.22 bits per heavy atom. The molecule has 0 N–H and O–H groups in total. The standard InChI is InChI=1S/C11H18F3NO3/c1-4-15(5-2)7-6-8(10(17)18-3)9(16)11(12,13)14/h8H,4-7H2,1-3H3. The van der Waals surface area contributed by atoms with Crippen molar-refractivity contribution in [3.8, 4) is 0 Å². The Morgan fingerprint density at radius 3 is 2.06 bits per heavy atom. The van der Waals surface area contributed by atoms with E-state index in [4.69, 9.17) is 0 Å². The molecule has 1 unspecified atom stereocenters. The second-order valence-corrected chi connectivity index (χ2v) is 3.75. The molecule has 0 aromatic rings. The number of halogens is 3. The van der Waals surface area contributed by atoms with E-state index in [1.54, 1.807) is 0 Å². The maximum absolute atomic E-state index is 12.3. The van der Waals surface area contributed by atoms with E-state index in [1.807, 2.05) is 18.7 Å². The quantitative estimate of drug-likeness (QED) is 0.520. The zero-order chi connectivity index (χ0) is 14.3. The molecule has 0 spiro atoms. The Morgan fingerprint density at radius 2 is 1.72 bits per heavy atom. The Bertz CT molecular complexity index is 288. The summed E-state index contributed by atoms with van der Waals surface area (Å²) < 4.78 is 41.2. The molecule has 0 aromatic carbocycles. The molecule has 0 aliphatic carbocycles. The normalized spacial score (nSPS) is 13.5. The van der Waals surface area contributed by atoms with Gasteiger partial charge in [-0.15, -0.1) is 0 Å². The molecule has 0 bridgehead atoms. The highest BCUT2D eigenvalue weighted by Crippen LogP contribution is 2.24. The van der Waals surface area contributed by atoms with Crippen molar-refractivity contribution in [3.63, 3.8) is 0 Å². The predicted octanol–water partition coefficient (Wildman–Crippen LogP) is 1.64. The molecular weight excluding hydrogens is 251 g/mol. The van der Waals surface area contributed by atoms with Crippen LogP contribution in [-0.2, 0) is 14.3 Å². The van der Waals surface area contributed by atoms with E-state index in [1.165, 1.54) is 0 Å². The first-order chi connectivity index (χ1) is 8.27. The van der Waals surface area contributed by atoms with Crippen LogP contribution in [0.3, 0.4) is 0 Å². The molecule has 0 rings (SSSR count). The summed E-state index contributed by atoms with van der Waals surface area (Å²) >= 11 is 0. The maximum Gasteiger partial charge on any atom is 0.450 e. The molecule has 7 heteroatoms. The van der Waals surface area contributed by atoms with Crippen LogP contribution in [-0.4, -0.2) is 49.6 Å². The average molecular weight is 269 g/mol. The molecule has 106 valence electrons. The number of hydrogen-bond acceptors (Lipinski definition) is 4. The highest BCUT2D eigenvalue weighted by Gasteiger charge is 2.46. The Hall–Kier alpha value is -1.11. The molecule has 0 aromatic heterocycles. The zero-order valence-corrected chi connectivity index (χ0v) is 10.7. The van der Waals surface area contributed by atoms with Crippen LogP contribution in [0.4, 0.5) is 13.2 Å². The number of methoxy groups -OCH3 is 1. The van der Waals surface area contributed by atoms with Gasteiger partial charge in [0.15, 0.2) is 0 Å². The number of ketones is 1. The van der Waals surface area contributed by atoms with Gasteiger partial charge in [-0.1, -0.05) is 13.8 Å². The van der Waals surface area contributed by atoms with E-state index in [0.29, 0.717) is 13.1 Å². The second kappa shape index (κ2) is 7.35. The Kier molecular flexibility index (Phi) is 6.90. The lowest BCUT2D eigenvalue weighted by atomic mass is 9.99. The second-order valence-electron chi connectivity index (χ2n) is 3.75. The molecule has 0 saturated carbocycles. The Labute approximate surface area is 104 Å². The van der Waals surface area contributed by atoms with E-state index in [9.17, 15) is 22.8 Å². The number of rotatable bonds is 7. The van der Waals surface area contributed by atoms with Crippen molar-refractivity contribution in [3.05, 3.63) is 0 Å². The highest BCUT2D eigenvalue weighted by molar-refractivity contribution is 6.01. The molecule has 18 heavy (non-hydrogen) atoms. The summed E-state index contributed by atoms with van der Waals surface area (Å²) in [4.78, 5) is 24.2. The zero-order valence-electron chi connectivity index (χ0n) is 10.7. The molecule has 0 aliphatic rings. The van der Waals surface area contributed by atoms with Crippen molar-refractivity contribution in [1.82, 2.24) is 4.90 Å². The van der Waals surface area contributed by atoms with Gasteiger partial charge in [0.05, 0.1) is 7.11 Å². The number of alkyl halides is 3. The van der Waals surface area contributed by atoms with Crippen molar-refractivity contribution in [1.29, 1.82) is 0 Å². The largest absolute Gasteiger partial charge is 0.468 e. The molecule has 0 aliphatic heterocycles. The monoisotopic (exact) mass is 269 g/mol. The molecule has 0 radical (unpaired) electrons. The number of carbonyl (C=O) groups excluding carboxylic acids is 2. The summed E-state index contributed by atoms with van der Waals surface area (Å²) in [5.74, 6) is -4.94. The van der Waals surface area contributed by atoms with E-state index in [-0.39, 0.29) is 13.0 Å². The smallest absolute Gasteiger partial charge is 0.450 e. The summed E-state index contributed by atoms with van der Waals surface area (Å²) in [5, 5.41) is 0. The third-order valence-electron chi connectivity index (χ3n) is 2.71. The fraction of sp³-hybridized carbons (Fsp3) is 0.818. The highest BCUT2D eigenvalue weighted by atomic mass is 19.4. The lowest BCUT2D eigenvalue weighted by molar-refractivity contribution is -0.180. The van der Waals surface area contributed by atoms with Crippen molar-refractivity contribution < 1.29 is 27.5 Å². The number of nitrogens with zero attached hydrogens (tertiary/aromatic N) is 1. The number of hydrogen-bond donors (Lipinski definition) is 0. The first-order valence-electron chi connectivity index (χ1n) is 5.69. The predicted molar refractivity (Wildman–Crippen MR) is 59.0 cm³/mol. The number of ether oxygens (including phenoxy) is 1. The van der Waals surface area contributed by atoms with Crippen LogP contribution < -0.4 is 0 Å². The van der Waals surface area contributed by atoms with Crippen LogP contribution in [0.5, 0.6) is 0 Å². The third-order valence-corrected chi connectivity index (χ3v) is 2.71. The van der Waals surface area contributed by atoms with Crippen LogP contribution in [0, 0.1) is 5.92 Å². The van der Waals surface area contributed by atoms with Gasteiger partial charge in [0.1, 0.15) is 5.92 Å². The summed E-state index contributed by atoms with van der Waals surface area (Å²) in [5.41, 5.74) is 0. The van der Waals surface area contributed by atoms with E-state index in [0.717, 1.165) is 7.11 Å². The van der Waals surface area contributed by atoms with Gasteiger partial charge in [-0.2, -0.15) is 13.2 Å². The van der Waals surface area contributed by atoms with Gasteiger partial charge in [-0.3, -0.25) is 9.59 Å². The third kappa shape index (κ3) is 5.03. The van der Waals surface area contributed by atoms with E-state index < -0.39 is 23.8 Å². The fourth-order valence-corrected chi connectivity index (χ4v) is 1.55. The van der Waals surface area contributed by atoms with Gasteiger partial charge in [0.2, 0.25) is 5.78 Å². The van der Waals surface area contributed by atoms with Crippen molar-refractivity contribution in [2.45, 2.75) is 26.4 Å². The maximum atomic E-state index is 12.3. The number of carbonyl (C=O) groups is 2. The van der Waals surface area contributed by atoms with Crippen LogP contribution in [0.2, 0.25) is 0 Å². The van der Waals surface area contributed by atoms with Gasteiger partial charge >= 0.3 is 12.1 Å². The van der Waals surface area contributed by atoms with Crippen molar-refractivity contribution in [2.24, 2.45) is 5.92 Å². The van der Waals surface area contributed by atoms with Gasteiger partial charge in [-0.25, -0.2) is 0 Å². The topological polar surface area (TPSA) is 46.6 Å². The average Bonchev–Trinajstić information content (AvgIpc) is 2.32. The number of esters is 1. The minimum Gasteiger partial charge on any atom is -0.468 e. The molecular formula is C11H18F3NO3. The van der Waals surface area contributed by atoms with Gasteiger partial charge in [0.25, 0.3) is 0 Å². The Balaban J connectivity index is 4.71. The lowest BCUT2D eigenvalue weighted by Gasteiger charge is -2.21. The minimum absolute atomic E-state index is 0.188. The first kappa shape index (κ1) is 16.9. The number of Topliss-reactive ketones (excluding diaryl/α,β-unsaturated/α-hetero) is 1. The van der Waals surface area contributed by atoms with Crippen LogP contribution in [0.1, 0.15) is 20.3 Å². The van der Waals surface area contributed by atoms with E-state index in [2.05, 4.69) is 4.74 Å². The summed E-state index contributed by atoms with van der Waals surface area (Å²) in [6, 6.07) is 0. The molecule has 0 fully saturated rings. The van der Waals surface area contributed by atoms with Gasteiger partial charge < -0.3 is 9.64 Å². The molecule has 0 amide bonds. The van der Waals surface area contributed by atoms with Gasteiger partial charge in [-0.05, 0) is 26.1 Å². The van der Waals surface area contributed by atoms with Crippen LogP contribution in [0.15, 0.2) is 0 Å². The summed E-state index contributed by atoms with van der Waals surface area (Å²) in [7, 11) is 0.969. The minimum atomic E-state index is -5.01. The van der Waals surface area contributed by atoms with E-state index >= 15 is 0 Å². The SMILES string of the molecule is CCN(CC)CCC(C(=O)OC)C(=O)C(F)(F)F. The molecule has 0 saturated heterocycles. The molecule has 0 heterocycles. The summed E-state index contributed by atoms with van der Waals surface area (Å²) in [6.07, 6.45) is -5.20. The molecule has 1 atom stereocenters.